The van der Waals surface area contributed by atoms with Gasteiger partial charge in [-0.25, -0.2) is 4.79 Å². The monoisotopic (exact) mass is 357 g/mol. The predicted octanol–water partition coefficient (Wildman–Crippen LogP) is 3.67. The molecule has 2 aromatic rings. The number of amides is 1. The van der Waals surface area contributed by atoms with E-state index in [0.717, 1.165) is 23.2 Å². The molecular weight excluding hydrogens is 334 g/mol. The standard InChI is InChI=1S/C20H23NO5/c1-4-14-8-6-7-13(3)19(14)21-20(24)15-9-10-16(26-12-18(22)23)17(11-15)25-5-2/h6-11H,4-5,12H2,1-3H3,(H,21,24)(H,22,23). The quantitative estimate of drug-likeness (QED) is 0.753. The molecule has 0 bridgehead atoms. The predicted molar refractivity (Wildman–Crippen MR) is 99.3 cm³/mol. The van der Waals surface area contributed by atoms with Gasteiger partial charge in [-0.2, -0.15) is 0 Å². The van der Waals surface area contributed by atoms with Crippen molar-refractivity contribution >= 4 is 17.6 Å². The van der Waals surface area contributed by atoms with E-state index in [-0.39, 0.29) is 11.7 Å². The SMILES string of the molecule is CCOc1cc(C(=O)Nc2c(C)cccc2CC)ccc1OCC(=O)O. The summed E-state index contributed by atoms with van der Waals surface area (Å²) in [6, 6.07) is 10.6. The Labute approximate surface area is 152 Å². The molecule has 2 rings (SSSR count). The second kappa shape index (κ2) is 8.89. The van der Waals surface area contributed by atoms with Crippen LogP contribution in [0.15, 0.2) is 36.4 Å². The zero-order chi connectivity index (χ0) is 19.1. The molecule has 0 radical (unpaired) electrons. The maximum absolute atomic E-state index is 12.7. The molecule has 0 aliphatic heterocycles. The number of carboxylic acids is 1. The van der Waals surface area contributed by atoms with Crippen molar-refractivity contribution in [3.8, 4) is 11.5 Å². The molecule has 6 nitrogen and oxygen atoms in total. The molecule has 0 atom stereocenters. The molecule has 0 heterocycles. The highest BCUT2D eigenvalue weighted by molar-refractivity contribution is 6.05. The summed E-state index contributed by atoms with van der Waals surface area (Å²) < 4.78 is 10.7. The van der Waals surface area contributed by atoms with Gasteiger partial charge in [-0.1, -0.05) is 25.1 Å². The van der Waals surface area contributed by atoms with Gasteiger partial charge in [0.2, 0.25) is 0 Å². The fourth-order valence-corrected chi connectivity index (χ4v) is 2.56. The number of carboxylic acid groups (broad SMARTS) is 1. The van der Waals surface area contributed by atoms with Crippen LogP contribution in [0.3, 0.4) is 0 Å². The fraction of sp³-hybridized carbons (Fsp3) is 0.300. The summed E-state index contributed by atoms with van der Waals surface area (Å²) in [5, 5.41) is 11.7. The summed E-state index contributed by atoms with van der Waals surface area (Å²) in [5.41, 5.74) is 3.26. The van der Waals surface area contributed by atoms with Gasteiger partial charge < -0.3 is 19.9 Å². The zero-order valence-corrected chi connectivity index (χ0v) is 15.2. The Morgan fingerprint density at radius 1 is 1.08 bits per heavy atom. The highest BCUT2D eigenvalue weighted by Crippen LogP contribution is 2.29. The van der Waals surface area contributed by atoms with Crippen molar-refractivity contribution in [2.75, 3.05) is 18.5 Å². The Morgan fingerprint density at radius 2 is 1.85 bits per heavy atom. The molecule has 0 unspecified atom stereocenters. The lowest BCUT2D eigenvalue weighted by atomic mass is 10.1. The van der Waals surface area contributed by atoms with E-state index >= 15 is 0 Å². The molecule has 0 saturated carbocycles. The molecule has 0 fully saturated rings. The average Bonchev–Trinajstić information content (AvgIpc) is 2.62. The summed E-state index contributed by atoms with van der Waals surface area (Å²) in [6.45, 7) is 5.67. The molecule has 0 spiro atoms. The van der Waals surface area contributed by atoms with Crippen LogP contribution < -0.4 is 14.8 Å². The minimum atomic E-state index is -1.08. The number of para-hydroxylation sites is 1. The van der Waals surface area contributed by atoms with Gasteiger partial charge in [0.1, 0.15) is 0 Å². The molecular formula is C20H23NO5. The van der Waals surface area contributed by atoms with Crippen LogP contribution in [0, 0.1) is 6.92 Å². The number of aryl methyl sites for hydroxylation is 2. The molecule has 0 aliphatic rings. The molecule has 2 aromatic carbocycles. The van der Waals surface area contributed by atoms with Crippen molar-refractivity contribution < 1.29 is 24.2 Å². The Hall–Kier alpha value is -3.02. The van der Waals surface area contributed by atoms with Gasteiger partial charge in [0.25, 0.3) is 5.91 Å². The molecule has 2 N–H and O–H groups in total. The van der Waals surface area contributed by atoms with Crippen LogP contribution in [0.2, 0.25) is 0 Å². The summed E-state index contributed by atoms with van der Waals surface area (Å²) in [7, 11) is 0. The smallest absolute Gasteiger partial charge is 0.341 e. The van der Waals surface area contributed by atoms with Crippen LogP contribution >= 0.6 is 0 Å². The van der Waals surface area contributed by atoms with E-state index < -0.39 is 12.6 Å². The van der Waals surface area contributed by atoms with E-state index in [2.05, 4.69) is 5.32 Å². The number of hydrogen-bond donors (Lipinski definition) is 2. The lowest BCUT2D eigenvalue weighted by Gasteiger charge is -2.15. The molecule has 0 aliphatic carbocycles. The normalized spacial score (nSPS) is 10.3. The minimum absolute atomic E-state index is 0.264. The maximum atomic E-state index is 12.7. The second-order valence-corrected chi connectivity index (χ2v) is 5.69. The van der Waals surface area contributed by atoms with Gasteiger partial charge in [0.15, 0.2) is 18.1 Å². The second-order valence-electron chi connectivity index (χ2n) is 5.69. The summed E-state index contributed by atoms with van der Waals surface area (Å²) >= 11 is 0. The third-order valence-corrected chi connectivity index (χ3v) is 3.84. The van der Waals surface area contributed by atoms with Gasteiger partial charge in [0.05, 0.1) is 6.61 Å². The summed E-state index contributed by atoms with van der Waals surface area (Å²) in [4.78, 5) is 23.3. The molecule has 138 valence electrons. The molecule has 0 saturated heterocycles. The molecule has 6 heteroatoms. The van der Waals surface area contributed by atoms with E-state index in [1.807, 2.05) is 32.0 Å². The number of ether oxygens (including phenoxy) is 2. The first-order chi connectivity index (χ1) is 12.5. The number of carbonyl (C=O) groups is 2. The van der Waals surface area contributed by atoms with Gasteiger partial charge in [-0.15, -0.1) is 0 Å². The lowest BCUT2D eigenvalue weighted by Crippen LogP contribution is -2.15. The highest BCUT2D eigenvalue weighted by Gasteiger charge is 2.15. The van der Waals surface area contributed by atoms with Crippen LogP contribution in [0.5, 0.6) is 11.5 Å². The summed E-state index contributed by atoms with van der Waals surface area (Å²) in [6.07, 6.45) is 0.809. The number of anilines is 1. The van der Waals surface area contributed by atoms with Gasteiger partial charge in [-0.3, -0.25) is 4.79 Å². The van der Waals surface area contributed by atoms with Crippen molar-refractivity contribution in [2.45, 2.75) is 27.2 Å². The number of rotatable bonds is 8. The minimum Gasteiger partial charge on any atom is -0.490 e. The lowest BCUT2D eigenvalue weighted by molar-refractivity contribution is -0.139. The Morgan fingerprint density at radius 3 is 2.50 bits per heavy atom. The van der Waals surface area contributed by atoms with Crippen molar-refractivity contribution in [3.63, 3.8) is 0 Å². The number of aliphatic carboxylic acids is 1. The van der Waals surface area contributed by atoms with E-state index in [4.69, 9.17) is 14.6 Å². The summed E-state index contributed by atoms with van der Waals surface area (Å²) in [5.74, 6) is -0.724. The van der Waals surface area contributed by atoms with Crippen molar-refractivity contribution in [1.29, 1.82) is 0 Å². The maximum Gasteiger partial charge on any atom is 0.341 e. The molecule has 1 amide bonds. The first-order valence-electron chi connectivity index (χ1n) is 8.47. The first kappa shape index (κ1) is 19.3. The van der Waals surface area contributed by atoms with Crippen molar-refractivity contribution in [1.82, 2.24) is 0 Å². The Balaban J connectivity index is 2.26. The van der Waals surface area contributed by atoms with Crippen LogP contribution in [0.1, 0.15) is 35.3 Å². The van der Waals surface area contributed by atoms with E-state index in [1.54, 1.807) is 25.1 Å². The van der Waals surface area contributed by atoms with Crippen molar-refractivity contribution in [2.24, 2.45) is 0 Å². The fourth-order valence-electron chi connectivity index (χ4n) is 2.56. The number of benzene rings is 2. The van der Waals surface area contributed by atoms with E-state index in [0.29, 0.717) is 17.9 Å². The van der Waals surface area contributed by atoms with Crippen LogP contribution in [-0.2, 0) is 11.2 Å². The highest BCUT2D eigenvalue weighted by atomic mass is 16.5. The van der Waals surface area contributed by atoms with Gasteiger partial charge in [0, 0.05) is 11.3 Å². The van der Waals surface area contributed by atoms with E-state index in [9.17, 15) is 9.59 Å². The van der Waals surface area contributed by atoms with Crippen LogP contribution in [0.4, 0.5) is 5.69 Å². The van der Waals surface area contributed by atoms with Gasteiger partial charge in [-0.05, 0) is 49.6 Å². The number of nitrogens with one attached hydrogen (secondary N) is 1. The van der Waals surface area contributed by atoms with E-state index in [1.165, 1.54) is 0 Å². The Kier molecular flexibility index (Phi) is 6.60. The average molecular weight is 357 g/mol. The topological polar surface area (TPSA) is 84.9 Å². The third-order valence-electron chi connectivity index (χ3n) is 3.84. The van der Waals surface area contributed by atoms with Crippen LogP contribution in [0.25, 0.3) is 0 Å². The van der Waals surface area contributed by atoms with Crippen molar-refractivity contribution in [3.05, 3.63) is 53.1 Å². The molecule has 26 heavy (non-hydrogen) atoms. The largest absolute Gasteiger partial charge is 0.490 e. The zero-order valence-electron chi connectivity index (χ0n) is 15.2. The Bertz CT molecular complexity index is 801. The van der Waals surface area contributed by atoms with Crippen LogP contribution in [-0.4, -0.2) is 30.2 Å². The first-order valence-corrected chi connectivity index (χ1v) is 8.47. The number of hydrogen-bond acceptors (Lipinski definition) is 4. The third kappa shape index (κ3) is 4.75. The molecule has 0 aromatic heterocycles. The number of carbonyl (C=O) groups excluding carboxylic acids is 1. The van der Waals surface area contributed by atoms with Gasteiger partial charge >= 0.3 is 5.97 Å².